The van der Waals surface area contributed by atoms with Crippen LogP contribution in [0, 0.1) is 11.6 Å². The Hall–Kier alpha value is -2.98. The lowest BCUT2D eigenvalue weighted by molar-refractivity contribution is 0.00578. The van der Waals surface area contributed by atoms with Crippen LogP contribution in [0.15, 0.2) is 24.3 Å². The Labute approximate surface area is 210 Å². The topological polar surface area (TPSA) is 79.3 Å². The van der Waals surface area contributed by atoms with Crippen molar-refractivity contribution in [2.45, 2.75) is 51.7 Å². The van der Waals surface area contributed by atoms with Crippen molar-refractivity contribution >= 4 is 24.4 Å². The molecule has 10 heteroatoms. The maximum Gasteiger partial charge on any atom is 0.495 e. The molecule has 0 aromatic heterocycles. The van der Waals surface area contributed by atoms with Gasteiger partial charge in [0, 0.05) is 49.9 Å². The van der Waals surface area contributed by atoms with Crippen molar-refractivity contribution in [3.63, 3.8) is 0 Å². The normalized spacial score (nSPS) is 20.1. The zero-order valence-corrected chi connectivity index (χ0v) is 21.4. The van der Waals surface area contributed by atoms with E-state index in [4.69, 9.17) is 9.31 Å². The zero-order chi connectivity index (χ0) is 26.6. The average molecular weight is 500 g/mol. The summed E-state index contributed by atoms with van der Waals surface area (Å²) in [5.74, 6) is -1.53. The number of hydrogen-bond acceptors (Lipinski definition) is 5. The Bertz CT molecular complexity index is 1220. The monoisotopic (exact) mass is 500 g/mol. The highest BCUT2D eigenvalue weighted by molar-refractivity contribution is 6.62. The molecule has 2 aromatic carbocycles. The van der Waals surface area contributed by atoms with Gasteiger partial charge in [0.15, 0.2) is 0 Å². The van der Waals surface area contributed by atoms with E-state index in [1.807, 2.05) is 27.7 Å². The molecule has 1 saturated heterocycles. The van der Waals surface area contributed by atoms with Crippen molar-refractivity contribution in [1.82, 2.24) is 9.80 Å². The molecule has 5 rings (SSSR count). The summed E-state index contributed by atoms with van der Waals surface area (Å²) in [6.45, 7) is 9.00. The van der Waals surface area contributed by atoms with Gasteiger partial charge < -0.3 is 24.2 Å². The van der Waals surface area contributed by atoms with Crippen LogP contribution in [0.5, 0.6) is 5.75 Å². The maximum absolute atomic E-state index is 14.0. The molecule has 2 aromatic rings. The van der Waals surface area contributed by atoms with E-state index in [0.717, 1.165) is 11.6 Å². The smallest absolute Gasteiger partial charge is 0.495 e. The summed E-state index contributed by atoms with van der Waals surface area (Å²) in [5, 5.41) is 9.43. The number of fused-ring (bicyclic) bond motifs is 2. The molecule has 3 aliphatic heterocycles. The summed E-state index contributed by atoms with van der Waals surface area (Å²) in [6, 6.07) is 4.95. The molecule has 0 bridgehead atoms. The number of hydrogen-bond donors (Lipinski definition) is 1. The van der Waals surface area contributed by atoms with Gasteiger partial charge in [-0.2, -0.15) is 0 Å². The fourth-order valence-corrected chi connectivity index (χ4v) is 4.56. The molecule has 0 spiro atoms. The first-order valence-electron chi connectivity index (χ1n) is 11.9. The van der Waals surface area contributed by atoms with Crippen LogP contribution in [0.25, 0.3) is 0 Å². The molecule has 0 radical (unpaired) electrons. The summed E-state index contributed by atoms with van der Waals surface area (Å²) in [5.41, 5.74) is 1.72. The first-order valence-corrected chi connectivity index (χ1v) is 11.9. The fourth-order valence-electron chi connectivity index (χ4n) is 4.56. The second kappa shape index (κ2) is 9.16. The number of carbonyl (C=O) groups is 2. The van der Waals surface area contributed by atoms with Gasteiger partial charge in [-0.1, -0.05) is 0 Å². The first-order chi connectivity index (χ1) is 16.7. The highest BCUT2D eigenvalue weighted by atomic mass is 19.1. The molecule has 192 valence electrons. The van der Waals surface area contributed by atoms with Crippen LogP contribution in [0.4, 0.5) is 8.78 Å². The van der Waals surface area contributed by atoms with Gasteiger partial charge in [-0.3, -0.25) is 9.59 Å². The van der Waals surface area contributed by atoms with Crippen molar-refractivity contribution in [2.75, 3.05) is 27.2 Å². The summed E-state index contributed by atoms with van der Waals surface area (Å²) >= 11 is 0. The number of nitrogens with zero attached hydrogens (tertiary/aromatic N) is 2. The van der Waals surface area contributed by atoms with Crippen molar-refractivity contribution in [3.8, 4) is 5.75 Å². The Morgan fingerprint density at radius 1 is 0.806 bits per heavy atom. The van der Waals surface area contributed by atoms with E-state index in [0.29, 0.717) is 42.5 Å². The molecule has 1 fully saturated rings. The van der Waals surface area contributed by atoms with Crippen LogP contribution in [-0.4, -0.2) is 72.2 Å². The average Bonchev–Trinajstić information content (AvgIpc) is 3.00. The van der Waals surface area contributed by atoms with Gasteiger partial charge in [-0.25, -0.2) is 8.78 Å². The molecule has 0 aliphatic carbocycles. The molecule has 36 heavy (non-hydrogen) atoms. The molecule has 0 saturated carbocycles. The summed E-state index contributed by atoms with van der Waals surface area (Å²) in [6.07, 6.45) is 1.25. The van der Waals surface area contributed by atoms with E-state index in [1.54, 1.807) is 19.0 Å². The van der Waals surface area contributed by atoms with E-state index in [-0.39, 0.29) is 23.1 Å². The van der Waals surface area contributed by atoms with Crippen LogP contribution in [0.3, 0.4) is 0 Å². The number of benzene rings is 2. The predicted octanol–water partition coefficient (Wildman–Crippen LogP) is 2.91. The lowest BCUT2D eigenvalue weighted by Gasteiger charge is -2.32. The van der Waals surface area contributed by atoms with Crippen LogP contribution >= 0.6 is 0 Å². The Morgan fingerprint density at radius 2 is 1.25 bits per heavy atom. The van der Waals surface area contributed by atoms with Crippen molar-refractivity contribution < 1.29 is 32.8 Å². The van der Waals surface area contributed by atoms with Crippen LogP contribution in [0.2, 0.25) is 0 Å². The minimum absolute atomic E-state index is 0.124. The molecular formula is C26H31BF2N2O5. The summed E-state index contributed by atoms with van der Waals surface area (Å²) in [7, 11) is 2.74. The van der Waals surface area contributed by atoms with Gasteiger partial charge in [0.2, 0.25) is 0 Å². The highest BCUT2D eigenvalue weighted by Crippen LogP contribution is 2.37. The fraction of sp³-hybridized carbons (Fsp3) is 0.462. The van der Waals surface area contributed by atoms with Crippen molar-refractivity contribution in [3.05, 3.63) is 58.2 Å². The van der Waals surface area contributed by atoms with Gasteiger partial charge in [-0.15, -0.1) is 0 Å². The summed E-state index contributed by atoms with van der Waals surface area (Å²) in [4.78, 5) is 27.0. The van der Waals surface area contributed by atoms with E-state index in [2.05, 4.69) is 0 Å². The predicted molar refractivity (Wildman–Crippen MR) is 132 cm³/mol. The van der Waals surface area contributed by atoms with E-state index >= 15 is 0 Å². The van der Waals surface area contributed by atoms with Gasteiger partial charge in [-0.05, 0) is 69.8 Å². The van der Waals surface area contributed by atoms with Crippen LogP contribution < -0.4 is 5.46 Å². The van der Waals surface area contributed by atoms with Crippen LogP contribution in [0.1, 0.15) is 59.5 Å². The SMILES string of the molecule is CN1CCc2c(B3OC(C)(C)C(C)(C)O3)cc(F)cc2C1=O.CN1CCc2c(O)cc(F)cc2C1=O. The number of phenols is 1. The molecule has 7 nitrogen and oxygen atoms in total. The van der Waals surface area contributed by atoms with Gasteiger partial charge >= 0.3 is 7.12 Å². The third-order valence-corrected chi connectivity index (χ3v) is 7.50. The minimum Gasteiger partial charge on any atom is -0.508 e. The van der Waals surface area contributed by atoms with Gasteiger partial charge in [0.1, 0.15) is 17.4 Å². The second-order valence-electron chi connectivity index (χ2n) is 10.5. The Kier molecular flexibility index (Phi) is 6.64. The number of phenolic OH excluding ortho intramolecular Hbond substituents is 1. The molecule has 0 atom stereocenters. The number of carbonyl (C=O) groups excluding carboxylic acids is 2. The number of likely N-dealkylation sites (N-methyl/N-ethyl adjacent to an activating group) is 2. The molecule has 2 amide bonds. The highest BCUT2D eigenvalue weighted by Gasteiger charge is 2.52. The number of amides is 2. The third-order valence-electron chi connectivity index (χ3n) is 7.50. The number of halogens is 2. The minimum atomic E-state index is -0.648. The Morgan fingerprint density at radius 3 is 1.78 bits per heavy atom. The molecule has 3 aliphatic rings. The van der Waals surface area contributed by atoms with E-state index in [9.17, 15) is 23.5 Å². The lowest BCUT2D eigenvalue weighted by atomic mass is 9.73. The largest absolute Gasteiger partial charge is 0.508 e. The molecule has 0 unspecified atom stereocenters. The van der Waals surface area contributed by atoms with E-state index in [1.165, 1.54) is 23.1 Å². The standard InChI is InChI=1S/C16H21BFNO3.C10H10FNO2/c1-15(2)16(3,4)22-17(21-15)13-9-10(18)8-12-11(13)6-7-19(5)14(12)20;1-12-3-2-7-8(10(12)14)4-6(11)5-9(7)13/h8-9H,6-7H2,1-5H3;4-5,13H,2-3H2,1H3. The lowest BCUT2D eigenvalue weighted by Crippen LogP contribution is -2.43. The van der Waals surface area contributed by atoms with Crippen LogP contribution in [-0.2, 0) is 22.2 Å². The number of rotatable bonds is 1. The molecular weight excluding hydrogens is 469 g/mol. The quantitative estimate of drug-likeness (QED) is 0.610. The van der Waals surface area contributed by atoms with Gasteiger partial charge in [0.25, 0.3) is 11.8 Å². The third kappa shape index (κ3) is 4.59. The van der Waals surface area contributed by atoms with Crippen molar-refractivity contribution in [1.29, 1.82) is 0 Å². The van der Waals surface area contributed by atoms with E-state index < -0.39 is 30.0 Å². The molecule has 3 heterocycles. The first kappa shape index (κ1) is 26.1. The second-order valence-corrected chi connectivity index (χ2v) is 10.5. The van der Waals surface area contributed by atoms with Gasteiger partial charge in [0.05, 0.1) is 11.2 Å². The summed E-state index contributed by atoms with van der Waals surface area (Å²) < 4.78 is 39.0. The maximum atomic E-state index is 14.0. The Balaban J connectivity index is 0.000000187. The number of aromatic hydroxyl groups is 1. The van der Waals surface area contributed by atoms with Crippen molar-refractivity contribution in [2.24, 2.45) is 0 Å². The molecule has 1 N–H and O–H groups in total. The zero-order valence-electron chi connectivity index (χ0n) is 21.4.